The lowest BCUT2D eigenvalue weighted by Crippen LogP contribution is -2.48. The summed E-state index contributed by atoms with van der Waals surface area (Å²) in [6.45, 7) is 7.15. The molecule has 0 saturated carbocycles. The van der Waals surface area contributed by atoms with Crippen molar-refractivity contribution in [3.8, 4) is 11.5 Å². The lowest BCUT2D eigenvalue weighted by Gasteiger charge is -2.35. The Kier molecular flexibility index (Phi) is 6.08. The summed E-state index contributed by atoms with van der Waals surface area (Å²) in [7, 11) is 0. The van der Waals surface area contributed by atoms with Crippen LogP contribution in [0.1, 0.15) is 45.8 Å². The van der Waals surface area contributed by atoms with Gasteiger partial charge in [-0.05, 0) is 56.7 Å². The van der Waals surface area contributed by atoms with Crippen molar-refractivity contribution in [1.29, 1.82) is 0 Å². The third-order valence-corrected chi connectivity index (χ3v) is 6.00. The Hall–Kier alpha value is -3.98. The van der Waals surface area contributed by atoms with E-state index in [2.05, 4.69) is 15.5 Å². The Morgan fingerprint density at radius 3 is 2.54 bits per heavy atom. The number of hydrogen-bond donors (Lipinski definition) is 1. The number of hydrogen-bond acceptors (Lipinski definition) is 7. The molecule has 0 bridgehead atoms. The predicted octanol–water partition coefficient (Wildman–Crippen LogP) is 3.97. The number of ether oxygens (including phenoxy) is 1. The molecule has 0 radical (unpaired) electrons. The van der Waals surface area contributed by atoms with E-state index in [0.717, 1.165) is 5.56 Å². The molecule has 2 amide bonds. The first kappa shape index (κ1) is 22.8. The van der Waals surface area contributed by atoms with Crippen LogP contribution in [-0.2, 0) is 11.3 Å². The van der Waals surface area contributed by atoms with Crippen molar-refractivity contribution in [2.45, 2.75) is 39.5 Å². The Balaban J connectivity index is 1.30. The zero-order valence-electron chi connectivity index (χ0n) is 19.8. The molecular weight excluding hydrogens is 448 g/mol. The summed E-state index contributed by atoms with van der Waals surface area (Å²) in [5.41, 5.74) is 3.23. The fraction of sp³-hybridized carbons (Fsp3) is 0.308. The highest BCUT2D eigenvalue weighted by Crippen LogP contribution is 2.27. The van der Waals surface area contributed by atoms with Crippen molar-refractivity contribution in [3.63, 3.8) is 0 Å². The average Bonchev–Trinajstić information content (AvgIpc) is 3.52. The Morgan fingerprint density at radius 1 is 1.11 bits per heavy atom. The molecule has 1 saturated heterocycles. The molecule has 1 aromatic carbocycles. The van der Waals surface area contributed by atoms with Gasteiger partial charge in [-0.25, -0.2) is 4.98 Å². The van der Waals surface area contributed by atoms with E-state index in [1.165, 1.54) is 0 Å². The van der Waals surface area contributed by atoms with E-state index >= 15 is 0 Å². The highest BCUT2D eigenvalue weighted by atomic mass is 16.5. The first-order valence-electron chi connectivity index (χ1n) is 11.5. The van der Waals surface area contributed by atoms with E-state index in [9.17, 15) is 9.59 Å². The average molecular weight is 475 g/mol. The minimum absolute atomic E-state index is 0.0132. The molecule has 0 spiro atoms. The minimum atomic E-state index is -0.284. The van der Waals surface area contributed by atoms with Gasteiger partial charge in [0.15, 0.2) is 5.76 Å². The van der Waals surface area contributed by atoms with Gasteiger partial charge in [-0.3, -0.25) is 9.59 Å². The first-order chi connectivity index (χ1) is 16.9. The maximum Gasteiger partial charge on any atom is 0.259 e. The molecule has 4 heterocycles. The third-order valence-electron chi connectivity index (χ3n) is 6.00. The number of benzene rings is 1. The smallest absolute Gasteiger partial charge is 0.259 e. The number of morpholine rings is 1. The molecule has 4 aromatic rings. The van der Waals surface area contributed by atoms with Gasteiger partial charge in [-0.2, -0.15) is 0 Å². The number of nitrogens with one attached hydrogen (secondary N) is 1. The van der Waals surface area contributed by atoms with Gasteiger partial charge in [0.05, 0.1) is 35.1 Å². The lowest BCUT2D eigenvalue weighted by molar-refractivity contribution is -0.0586. The van der Waals surface area contributed by atoms with E-state index in [4.69, 9.17) is 13.7 Å². The predicted molar refractivity (Wildman–Crippen MR) is 128 cm³/mol. The summed E-state index contributed by atoms with van der Waals surface area (Å²) < 4.78 is 16.5. The number of amides is 2. The van der Waals surface area contributed by atoms with Crippen LogP contribution in [0, 0.1) is 6.92 Å². The Bertz CT molecular complexity index is 1350. The molecule has 3 aromatic heterocycles. The topological polar surface area (TPSA) is 111 Å². The fourth-order valence-corrected chi connectivity index (χ4v) is 4.39. The number of fused-ring (bicyclic) bond motifs is 1. The number of carbonyl (C=O) groups excluding carboxylic acids is 2. The molecule has 180 valence electrons. The van der Waals surface area contributed by atoms with Gasteiger partial charge in [-0.1, -0.05) is 17.3 Å². The van der Waals surface area contributed by atoms with E-state index in [0.29, 0.717) is 53.3 Å². The van der Waals surface area contributed by atoms with Gasteiger partial charge in [0, 0.05) is 25.2 Å². The van der Waals surface area contributed by atoms with Gasteiger partial charge in [0.1, 0.15) is 5.69 Å². The zero-order valence-corrected chi connectivity index (χ0v) is 19.8. The number of carbonyl (C=O) groups is 2. The SMILES string of the molecule is Cc1noc2nc(-c3ccco3)cc(C(=O)NCc3ccc(C(=O)N4CC(C)OC(C)C4)cc3)c12. The Labute approximate surface area is 202 Å². The molecule has 9 nitrogen and oxygen atoms in total. The van der Waals surface area contributed by atoms with Crippen LogP contribution < -0.4 is 5.32 Å². The molecule has 1 aliphatic heterocycles. The van der Waals surface area contributed by atoms with Gasteiger partial charge in [0.2, 0.25) is 0 Å². The van der Waals surface area contributed by atoms with Crippen molar-refractivity contribution < 1.29 is 23.3 Å². The van der Waals surface area contributed by atoms with E-state index in [-0.39, 0.29) is 29.7 Å². The standard InChI is InChI=1S/C26H26N4O5/c1-15-13-30(14-16(2)34-15)26(32)19-8-6-18(7-9-19)12-27-24(31)20-11-21(22-5-4-10-33-22)28-25-23(20)17(3)29-35-25/h4-11,15-16H,12-14H2,1-3H3,(H,27,31). The molecule has 2 atom stereocenters. The number of aromatic nitrogens is 2. The van der Waals surface area contributed by atoms with Crippen molar-refractivity contribution in [1.82, 2.24) is 20.4 Å². The van der Waals surface area contributed by atoms with Crippen LogP contribution in [0.4, 0.5) is 0 Å². The summed E-state index contributed by atoms with van der Waals surface area (Å²) >= 11 is 0. The molecule has 2 unspecified atom stereocenters. The van der Waals surface area contributed by atoms with Gasteiger partial charge in [-0.15, -0.1) is 0 Å². The summed E-state index contributed by atoms with van der Waals surface area (Å²) in [4.78, 5) is 32.3. The second-order valence-corrected chi connectivity index (χ2v) is 8.83. The van der Waals surface area contributed by atoms with Crippen LogP contribution >= 0.6 is 0 Å². The number of aryl methyl sites for hydroxylation is 1. The van der Waals surface area contributed by atoms with E-state index in [1.54, 1.807) is 43.5 Å². The summed E-state index contributed by atoms with van der Waals surface area (Å²) in [5, 5.41) is 7.47. The second kappa shape index (κ2) is 9.34. The normalized spacial score (nSPS) is 18.1. The molecule has 1 aliphatic rings. The lowest BCUT2D eigenvalue weighted by atomic mass is 10.1. The minimum Gasteiger partial charge on any atom is -0.463 e. The Morgan fingerprint density at radius 2 is 1.86 bits per heavy atom. The fourth-order valence-electron chi connectivity index (χ4n) is 4.39. The van der Waals surface area contributed by atoms with Crippen LogP contribution in [0.15, 0.2) is 57.7 Å². The first-order valence-corrected chi connectivity index (χ1v) is 11.5. The molecule has 5 rings (SSSR count). The number of nitrogens with zero attached hydrogens (tertiary/aromatic N) is 3. The van der Waals surface area contributed by atoms with E-state index in [1.807, 2.05) is 30.9 Å². The summed E-state index contributed by atoms with van der Waals surface area (Å²) in [6, 6.07) is 12.5. The number of furan rings is 1. The highest BCUT2D eigenvalue weighted by molar-refractivity contribution is 6.06. The number of rotatable bonds is 5. The zero-order chi connectivity index (χ0) is 24.5. The van der Waals surface area contributed by atoms with Crippen LogP contribution in [0.2, 0.25) is 0 Å². The van der Waals surface area contributed by atoms with Crippen LogP contribution in [0.5, 0.6) is 0 Å². The monoisotopic (exact) mass is 474 g/mol. The van der Waals surface area contributed by atoms with Crippen LogP contribution in [0.3, 0.4) is 0 Å². The van der Waals surface area contributed by atoms with E-state index < -0.39 is 0 Å². The molecule has 1 fully saturated rings. The maximum atomic E-state index is 13.1. The molecule has 9 heteroatoms. The van der Waals surface area contributed by atoms with Crippen molar-refractivity contribution in [2.24, 2.45) is 0 Å². The number of pyridine rings is 1. The molecular formula is C26H26N4O5. The van der Waals surface area contributed by atoms with Crippen LogP contribution in [-0.4, -0.2) is 52.2 Å². The van der Waals surface area contributed by atoms with Gasteiger partial charge >= 0.3 is 0 Å². The van der Waals surface area contributed by atoms with Gasteiger partial charge < -0.3 is 23.9 Å². The van der Waals surface area contributed by atoms with Crippen LogP contribution in [0.25, 0.3) is 22.6 Å². The van der Waals surface area contributed by atoms with Crippen molar-refractivity contribution in [2.75, 3.05) is 13.1 Å². The molecule has 0 aliphatic carbocycles. The van der Waals surface area contributed by atoms with Gasteiger partial charge in [0.25, 0.3) is 17.5 Å². The summed E-state index contributed by atoms with van der Waals surface area (Å²) in [5.74, 6) is 0.224. The quantitative estimate of drug-likeness (QED) is 0.466. The highest BCUT2D eigenvalue weighted by Gasteiger charge is 2.26. The second-order valence-electron chi connectivity index (χ2n) is 8.83. The largest absolute Gasteiger partial charge is 0.463 e. The molecule has 35 heavy (non-hydrogen) atoms. The molecule has 1 N–H and O–H groups in total. The summed E-state index contributed by atoms with van der Waals surface area (Å²) in [6.07, 6.45) is 1.57. The third kappa shape index (κ3) is 4.67. The van der Waals surface area contributed by atoms with Crippen molar-refractivity contribution >= 4 is 22.9 Å². The maximum absolute atomic E-state index is 13.1. The van der Waals surface area contributed by atoms with Crippen molar-refractivity contribution in [3.05, 3.63) is 71.1 Å².